The van der Waals surface area contributed by atoms with Crippen LogP contribution in [0.5, 0.6) is 0 Å². The zero-order valence-corrected chi connectivity index (χ0v) is 14.5. The first-order valence-electron chi connectivity index (χ1n) is 7.34. The molecular weight excluding hydrogens is 324 g/mol. The fourth-order valence-corrected chi connectivity index (χ4v) is 3.89. The van der Waals surface area contributed by atoms with Crippen LogP contribution < -0.4 is 4.90 Å². The first kappa shape index (κ1) is 16.0. The summed E-state index contributed by atoms with van der Waals surface area (Å²) in [6.45, 7) is 0.577. The Bertz CT molecular complexity index is 703. The predicted molar refractivity (Wildman–Crippen MR) is 100 cm³/mol. The lowest BCUT2D eigenvalue weighted by Gasteiger charge is -2.19. The second-order valence-corrected chi connectivity index (χ2v) is 7.26. The van der Waals surface area contributed by atoms with Crippen LogP contribution in [0, 0.1) is 0 Å². The maximum Gasteiger partial charge on any atom is 0.263 e. The van der Waals surface area contributed by atoms with Gasteiger partial charge in [-0.1, -0.05) is 60.3 Å². The van der Waals surface area contributed by atoms with Gasteiger partial charge in [-0.15, -0.1) is 12.6 Å². The number of amides is 1. The zero-order valence-electron chi connectivity index (χ0n) is 12.8. The summed E-state index contributed by atoms with van der Waals surface area (Å²) in [5.41, 5.74) is 2.16. The van der Waals surface area contributed by atoms with E-state index in [4.69, 9.17) is 0 Å². The molecule has 3 rings (SSSR count). The SMILES string of the molecule is CN(/C=C1\SC(S)N(Cc2ccccc2)C1=O)c1ccccc1. The molecule has 1 heterocycles. The van der Waals surface area contributed by atoms with Crippen LogP contribution in [-0.4, -0.2) is 22.6 Å². The highest BCUT2D eigenvalue weighted by Gasteiger charge is 2.34. The van der Waals surface area contributed by atoms with E-state index in [2.05, 4.69) is 12.6 Å². The van der Waals surface area contributed by atoms with Crippen LogP contribution in [0.2, 0.25) is 0 Å². The van der Waals surface area contributed by atoms with Gasteiger partial charge in [-0.3, -0.25) is 4.79 Å². The van der Waals surface area contributed by atoms with Gasteiger partial charge in [-0.25, -0.2) is 0 Å². The molecule has 0 spiro atoms. The molecule has 118 valence electrons. The fourth-order valence-electron chi connectivity index (χ4n) is 2.40. The van der Waals surface area contributed by atoms with Gasteiger partial charge >= 0.3 is 0 Å². The summed E-state index contributed by atoms with van der Waals surface area (Å²) in [5.74, 6) is 0.0293. The molecule has 2 aromatic rings. The molecule has 2 aromatic carbocycles. The van der Waals surface area contributed by atoms with Crippen molar-refractivity contribution in [3.05, 3.63) is 77.3 Å². The lowest BCUT2D eigenvalue weighted by atomic mass is 10.2. The molecule has 1 aliphatic heterocycles. The van der Waals surface area contributed by atoms with Gasteiger partial charge in [0.25, 0.3) is 5.91 Å². The quantitative estimate of drug-likeness (QED) is 0.672. The van der Waals surface area contributed by atoms with E-state index < -0.39 is 0 Å². The van der Waals surface area contributed by atoms with Gasteiger partial charge in [0.2, 0.25) is 0 Å². The minimum Gasteiger partial charge on any atom is -0.350 e. The molecular formula is C18H18N2OS2. The summed E-state index contributed by atoms with van der Waals surface area (Å²) in [6, 6.07) is 20.0. The molecule has 0 bridgehead atoms. The van der Waals surface area contributed by atoms with Gasteiger partial charge in [0.1, 0.15) is 4.71 Å². The number of anilines is 1. The van der Waals surface area contributed by atoms with E-state index in [0.29, 0.717) is 11.4 Å². The van der Waals surface area contributed by atoms with E-state index in [1.807, 2.05) is 78.8 Å². The van der Waals surface area contributed by atoms with E-state index in [1.54, 1.807) is 4.90 Å². The van der Waals surface area contributed by atoms with E-state index in [9.17, 15) is 4.79 Å². The molecule has 5 heteroatoms. The van der Waals surface area contributed by atoms with Crippen molar-refractivity contribution in [1.82, 2.24) is 4.90 Å². The highest BCUT2D eigenvalue weighted by atomic mass is 32.2. The van der Waals surface area contributed by atoms with Crippen molar-refractivity contribution in [3.63, 3.8) is 0 Å². The van der Waals surface area contributed by atoms with Gasteiger partial charge < -0.3 is 9.80 Å². The molecule has 1 saturated heterocycles. The number of carbonyl (C=O) groups is 1. The number of carbonyl (C=O) groups excluding carboxylic acids is 1. The summed E-state index contributed by atoms with van der Waals surface area (Å²) in [4.78, 5) is 17.1. The predicted octanol–water partition coefficient (Wildman–Crippen LogP) is 3.95. The molecule has 0 radical (unpaired) electrons. The molecule has 1 aliphatic rings. The third-order valence-corrected chi connectivity index (χ3v) is 5.24. The van der Waals surface area contributed by atoms with Crippen LogP contribution in [0.15, 0.2) is 71.8 Å². The molecule has 1 unspecified atom stereocenters. The van der Waals surface area contributed by atoms with Crippen LogP contribution in [0.4, 0.5) is 5.69 Å². The molecule has 1 atom stereocenters. The average molecular weight is 342 g/mol. The summed E-state index contributed by atoms with van der Waals surface area (Å²) >= 11 is 6.04. The topological polar surface area (TPSA) is 23.6 Å². The van der Waals surface area contributed by atoms with Crippen molar-refractivity contribution < 1.29 is 4.79 Å². The minimum atomic E-state index is -0.155. The molecule has 0 aromatic heterocycles. The molecule has 0 saturated carbocycles. The number of thioether (sulfide) groups is 1. The molecule has 0 aliphatic carbocycles. The van der Waals surface area contributed by atoms with Crippen molar-refractivity contribution >= 4 is 36.0 Å². The number of thiol groups is 1. The highest BCUT2D eigenvalue weighted by Crippen LogP contribution is 2.38. The maximum atomic E-state index is 12.6. The van der Waals surface area contributed by atoms with Crippen LogP contribution in [0.25, 0.3) is 0 Å². The molecule has 1 amide bonds. The van der Waals surface area contributed by atoms with E-state index >= 15 is 0 Å². The van der Waals surface area contributed by atoms with Gasteiger partial charge in [0.15, 0.2) is 0 Å². The fraction of sp³-hybridized carbons (Fsp3) is 0.167. The molecule has 1 fully saturated rings. The number of nitrogens with zero attached hydrogens (tertiary/aromatic N) is 2. The van der Waals surface area contributed by atoms with Gasteiger partial charge in [-0.05, 0) is 17.7 Å². The summed E-state index contributed by atoms with van der Waals surface area (Å²) < 4.78 is -0.155. The average Bonchev–Trinajstić information content (AvgIpc) is 2.84. The lowest BCUT2D eigenvalue weighted by Crippen LogP contribution is -2.29. The smallest absolute Gasteiger partial charge is 0.263 e. The number of hydrogen-bond donors (Lipinski definition) is 1. The summed E-state index contributed by atoms with van der Waals surface area (Å²) in [7, 11) is 1.95. The van der Waals surface area contributed by atoms with Crippen molar-refractivity contribution in [3.8, 4) is 0 Å². The van der Waals surface area contributed by atoms with E-state index in [0.717, 1.165) is 11.3 Å². The first-order valence-corrected chi connectivity index (χ1v) is 8.74. The number of hydrogen-bond acceptors (Lipinski definition) is 4. The minimum absolute atomic E-state index is 0.0293. The molecule has 23 heavy (non-hydrogen) atoms. The van der Waals surface area contributed by atoms with E-state index in [-0.39, 0.29) is 10.6 Å². The van der Waals surface area contributed by atoms with Crippen molar-refractivity contribution in [2.75, 3.05) is 11.9 Å². The lowest BCUT2D eigenvalue weighted by molar-refractivity contribution is -0.125. The summed E-state index contributed by atoms with van der Waals surface area (Å²) in [6.07, 6.45) is 1.89. The second kappa shape index (κ2) is 7.15. The number of para-hydroxylation sites is 1. The zero-order chi connectivity index (χ0) is 16.2. The Kier molecular flexibility index (Phi) is 4.98. The highest BCUT2D eigenvalue weighted by molar-refractivity contribution is 8.14. The second-order valence-electron chi connectivity index (χ2n) is 5.30. The van der Waals surface area contributed by atoms with Crippen molar-refractivity contribution in [1.29, 1.82) is 0 Å². The van der Waals surface area contributed by atoms with Gasteiger partial charge in [0, 0.05) is 25.5 Å². The first-order chi connectivity index (χ1) is 11.1. The van der Waals surface area contributed by atoms with Crippen molar-refractivity contribution in [2.45, 2.75) is 11.3 Å². The van der Waals surface area contributed by atoms with Gasteiger partial charge in [0.05, 0.1) is 4.91 Å². The van der Waals surface area contributed by atoms with Crippen LogP contribution in [0.1, 0.15) is 5.56 Å². The Hall–Kier alpha value is -1.85. The monoisotopic (exact) mass is 342 g/mol. The standard InChI is InChI=1S/C18H18N2OS2/c1-19(15-10-6-3-7-11-15)13-16-17(21)20(18(22)23-16)12-14-8-4-2-5-9-14/h2-11,13,18,22H,12H2,1H3/b16-13-. The molecule has 3 nitrogen and oxygen atoms in total. The Morgan fingerprint density at radius 2 is 1.74 bits per heavy atom. The van der Waals surface area contributed by atoms with E-state index in [1.165, 1.54) is 11.8 Å². The van der Waals surface area contributed by atoms with Gasteiger partial charge in [-0.2, -0.15) is 0 Å². The van der Waals surface area contributed by atoms with Crippen LogP contribution in [0.3, 0.4) is 0 Å². The Morgan fingerprint density at radius 1 is 1.13 bits per heavy atom. The Labute approximate surface area is 146 Å². The Morgan fingerprint density at radius 3 is 2.39 bits per heavy atom. The van der Waals surface area contributed by atoms with Crippen LogP contribution in [-0.2, 0) is 11.3 Å². The summed E-state index contributed by atoms with van der Waals surface area (Å²) in [5, 5.41) is 0. The number of benzene rings is 2. The third-order valence-electron chi connectivity index (χ3n) is 3.64. The normalized spacial score (nSPS) is 19.4. The number of rotatable bonds is 4. The van der Waals surface area contributed by atoms with Crippen molar-refractivity contribution in [2.24, 2.45) is 0 Å². The molecule has 0 N–H and O–H groups in total. The van der Waals surface area contributed by atoms with Crippen LogP contribution >= 0.6 is 24.4 Å². The third kappa shape index (κ3) is 3.74. The maximum absolute atomic E-state index is 12.6. The Balaban J connectivity index is 1.75. The largest absolute Gasteiger partial charge is 0.350 e.